The molecule has 0 radical (unpaired) electrons. The molecule has 5 nitrogen and oxygen atoms in total. The summed E-state index contributed by atoms with van der Waals surface area (Å²) in [4.78, 5) is 17.7. The number of nitrogens with one attached hydrogen (secondary N) is 2. The van der Waals surface area contributed by atoms with Gasteiger partial charge in [0, 0.05) is 26.0 Å². The maximum absolute atomic E-state index is 13.2. The van der Waals surface area contributed by atoms with E-state index in [9.17, 15) is 4.79 Å². The van der Waals surface area contributed by atoms with Gasteiger partial charge in [-0.3, -0.25) is 9.78 Å². The Bertz CT molecular complexity index is 1090. The van der Waals surface area contributed by atoms with Crippen LogP contribution in [0.4, 0.5) is 0 Å². The van der Waals surface area contributed by atoms with E-state index in [0.29, 0.717) is 18.2 Å². The Morgan fingerprint density at radius 2 is 2.06 bits per heavy atom. The van der Waals surface area contributed by atoms with Gasteiger partial charge in [-0.1, -0.05) is 38.1 Å². The van der Waals surface area contributed by atoms with Crippen molar-refractivity contribution in [1.29, 1.82) is 0 Å². The molecule has 1 amide bonds. The van der Waals surface area contributed by atoms with E-state index in [1.54, 1.807) is 6.20 Å². The van der Waals surface area contributed by atoms with Gasteiger partial charge in [0.1, 0.15) is 12.4 Å². The summed E-state index contributed by atoms with van der Waals surface area (Å²) < 4.78 is 5.97. The molecule has 2 aliphatic rings. The molecule has 2 fully saturated rings. The van der Waals surface area contributed by atoms with Crippen molar-refractivity contribution in [2.24, 2.45) is 0 Å². The van der Waals surface area contributed by atoms with Crippen LogP contribution in [0.15, 0.2) is 54.7 Å². The summed E-state index contributed by atoms with van der Waals surface area (Å²) >= 11 is 0. The molecule has 1 saturated carbocycles. The van der Waals surface area contributed by atoms with E-state index in [0.717, 1.165) is 53.6 Å². The number of carbonyl (C=O) groups excluding carboxylic acids is 1. The highest BCUT2D eigenvalue weighted by atomic mass is 16.5. The van der Waals surface area contributed by atoms with Crippen molar-refractivity contribution >= 4 is 16.8 Å². The van der Waals surface area contributed by atoms with E-state index in [1.807, 2.05) is 57.2 Å². The van der Waals surface area contributed by atoms with Gasteiger partial charge >= 0.3 is 0 Å². The van der Waals surface area contributed by atoms with Gasteiger partial charge < -0.3 is 15.4 Å². The molecule has 1 saturated heterocycles. The van der Waals surface area contributed by atoms with Gasteiger partial charge in [-0.2, -0.15) is 0 Å². The van der Waals surface area contributed by atoms with Crippen LogP contribution in [0.5, 0.6) is 5.75 Å². The minimum Gasteiger partial charge on any atom is -0.492 e. The van der Waals surface area contributed by atoms with E-state index in [-0.39, 0.29) is 14.3 Å². The molecule has 2 N–H and O–H groups in total. The Labute approximate surface area is 193 Å². The van der Waals surface area contributed by atoms with Crippen molar-refractivity contribution < 1.29 is 12.4 Å². The molecule has 0 spiro atoms. The smallest absolute Gasteiger partial charge is 0.252 e. The fourth-order valence-corrected chi connectivity index (χ4v) is 4.42. The highest BCUT2D eigenvalue weighted by molar-refractivity contribution is 5.97. The van der Waals surface area contributed by atoms with Gasteiger partial charge in [0.25, 0.3) is 5.91 Å². The van der Waals surface area contributed by atoms with Crippen LogP contribution in [0, 0.1) is 6.92 Å². The van der Waals surface area contributed by atoms with E-state index < -0.39 is 0 Å². The summed E-state index contributed by atoms with van der Waals surface area (Å²) in [6, 6.07) is 16.4. The van der Waals surface area contributed by atoms with E-state index in [1.165, 1.54) is 6.42 Å². The lowest BCUT2D eigenvalue weighted by Crippen LogP contribution is -2.35. The molecule has 0 unspecified atom stereocenters. The molecular formula is C27H37N3O2. The second-order valence-electron chi connectivity index (χ2n) is 8.49. The van der Waals surface area contributed by atoms with Crippen LogP contribution in [0.2, 0.25) is 0 Å². The summed E-state index contributed by atoms with van der Waals surface area (Å²) in [5.74, 6) is 0.703. The molecule has 0 bridgehead atoms. The average Bonchev–Trinajstić information content (AvgIpc) is 3.41. The van der Waals surface area contributed by atoms with Crippen LogP contribution in [-0.2, 0) is 5.54 Å². The molecule has 3 aromatic rings. The molecule has 1 aliphatic carbocycles. The zero-order chi connectivity index (χ0) is 22.6. The van der Waals surface area contributed by atoms with Crippen LogP contribution in [0.1, 0.15) is 63.9 Å². The third-order valence-corrected chi connectivity index (χ3v) is 6.33. The molecule has 5 rings (SSSR count). The van der Waals surface area contributed by atoms with Gasteiger partial charge in [-0.15, -0.1) is 0 Å². The maximum atomic E-state index is 13.2. The topological polar surface area (TPSA) is 63.2 Å². The van der Waals surface area contributed by atoms with Crippen molar-refractivity contribution in [3.63, 3.8) is 0 Å². The van der Waals surface area contributed by atoms with E-state index in [2.05, 4.69) is 27.8 Å². The lowest BCUT2D eigenvalue weighted by atomic mass is 9.98. The molecule has 32 heavy (non-hydrogen) atoms. The summed E-state index contributed by atoms with van der Waals surface area (Å²) in [6.45, 7) is 7.66. The van der Waals surface area contributed by atoms with Gasteiger partial charge in [0.2, 0.25) is 0 Å². The number of fused-ring (bicyclic) bond motifs is 1. The Balaban J connectivity index is 0.000000995. The van der Waals surface area contributed by atoms with E-state index >= 15 is 0 Å². The molecule has 1 aromatic heterocycles. The van der Waals surface area contributed by atoms with E-state index in [4.69, 9.17) is 4.74 Å². The number of hydrogen-bond donors (Lipinski definition) is 2. The second kappa shape index (κ2) is 9.70. The monoisotopic (exact) mass is 435 g/mol. The standard InChI is InChI=1S/C25H27N3O2.C2H6.2H2/c1-17-9-10-19(30-16-18-5-3-13-26-18)15-21(17)24(29)28-25(11-12-25)22-7-2-8-23-20(22)6-4-14-27-23;1-2;;/h2,4,6-10,14-15,18,26H,3,5,11-13,16H2,1H3,(H,28,29);1-2H3;2*1H/t18-;;;/m0.../s1. The third-order valence-electron chi connectivity index (χ3n) is 6.33. The highest BCUT2D eigenvalue weighted by Gasteiger charge is 2.46. The zero-order valence-electron chi connectivity index (χ0n) is 19.3. The quantitative estimate of drug-likeness (QED) is 0.528. The SMILES string of the molecule is CC.Cc1ccc(OC[C@@H]2CCCN2)cc1C(=O)NC1(c2cccc3ncccc23)CC1.[HH].[HH]. The zero-order valence-corrected chi connectivity index (χ0v) is 19.3. The van der Waals surface area contributed by atoms with Crippen molar-refractivity contribution in [1.82, 2.24) is 15.6 Å². The molecule has 5 heteroatoms. The Kier molecular flexibility index (Phi) is 6.75. The second-order valence-corrected chi connectivity index (χ2v) is 8.49. The third kappa shape index (κ3) is 4.63. The number of aromatic nitrogens is 1. The molecule has 2 heterocycles. The number of hydrogen-bond acceptors (Lipinski definition) is 4. The fraction of sp³-hybridized carbons (Fsp3) is 0.407. The lowest BCUT2D eigenvalue weighted by Gasteiger charge is -2.21. The predicted molar refractivity (Wildman–Crippen MR) is 133 cm³/mol. The van der Waals surface area contributed by atoms with Crippen LogP contribution >= 0.6 is 0 Å². The van der Waals surface area contributed by atoms with Crippen molar-refractivity contribution in [2.75, 3.05) is 13.2 Å². The first-order valence-electron chi connectivity index (χ1n) is 11.8. The van der Waals surface area contributed by atoms with Crippen LogP contribution in [-0.4, -0.2) is 30.1 Å². The molecular weight excluding hydrogens is 398 g/mol. The number of pyridine rings is 1. The molecule has 1 atom stereocenters. The minimum absolute atomic E-state index is 0. The van der Waals surface area contributed by atoms with Gasteiger partial charge in [0.05, 0.1) is 11.1 Å². The average molecular weight is 436 g/mol. The van der Waals surface area contributed by atoms with Crippen molar-refractivity contribution in [2.45, 2.75) is 58.0 Å². The van der Waals surface area contributed by atoms with Crippen molar-refractivity contribution in [3.8, 4) is 5.75 Å². The molecule has 172 valence electrons. The summed E-state index contributed by atoms with van der Waals surface area (Å²) in [5.41, 5.74) is 3.43. The minimum atomic E-state index is -0.309. The largest absolute Gasteiger partial charge is 0.492 e. The van der Waals surface area contributed by atoms with Crippen molar-refractivity contribution in [3.05, 3.63) is 71.4 Å². The van der Waals surface area contributed by atoms with Crippen LogP contribution in [0.25, 0.3) is 10.9 Å². The maximum Gasteiger partial charge on any atom is 0.252 e. The number of benzene rings is 2. The predicted octanol–water partition coefficient (Wildman–Crippen LogP) is 5.61. The fourth-order valence-electron chi connectivity index (χ4n) is 4.42. The first-order chi connectivity index (χ1) is 15.6. The first-order valence-corrected chi connectivity index (χ1v) is 11.8. The number of amides is 1. The van der Waals surface area contributed by atoms with Crippen LogP contribution in [0.3, 0.4) is 0 Å². The molecule has 2 aromatic carbocycles. The summed E-state index contributed by atoms with van der Waals surface area (Å²) in [7, 11) is 0. The Hall–Kier alpha value is -2.92. The highest BCUT2D eigenvalue weighted by Crippen LogP contribution is 2.48. The Morgan fingerprint density at radius 3 is 2.81 bits per heavy atom. The number of carbonyl (C=O) groups is 1. The molecule has 1 aliphatic heterocycles. The number of aryl methyl sites for hydroxylation is 1. The Morgan fingerprint density at radius 1 is 1.22 bits per heavy atom. The van der Waals surface area contributed by atoms with Gasteiger partial charge in [0.15, 0.2) is 0 Å². The summed E-state index contributed by atoms with van der Waals surface area (Å²) in [6.07, 6.45) is 6.02. The number of ether oxygens (including phenoxy) is 1. The lowest BCUT2D eigenvalue weighted by molar-refractivity contribution is 0.0930. The normalized spacial score (nSPS) is 18.5. The number of rotatable bonds is 6. The van der Waals surface area contributed by atoms with Gasteiger partial charge in [-0.25, -0.2) is 0 Å². The summed E-state index contributed by atoms with van der Waals surface area (Å²) in [5, 5.41) is 7.87. The first kappa shape index (κ1) is 22.3. The number of nitrogens with zero attached hydrogens (tertiary/aromatic N) is 1. The van der Waals surface area contributed by atoms with Gasteiger partial charge in [-0.05, 0) is 74.5 Å². The van der Waals surface area contributed by atoms with Crippen LogP contribution < -0.4 is 15.4 Å².